The minimum absolute atomic E-state index is 0.00243. The topological polar surface area (TPSA) is 382 Å². The molecule has 0 saturated carbocycles. The Balaban J connectivity index is 0.922. The summed E-state index contributed by atoms with van der Waals surface area (Å²) in [6.45, 7) is 1.03. The van der Waals surface area contributed by atoms with E-state index in [1.165, 1.54) is 12.1 Å². The average molecular weight is 1120 g/mol. The van der Waals surface area contributed by atoms with Crippen molar-refractivity contribution in [3.05, 3.63) is 103 Å². The lowest BCUT2D eigenvalue weighted by Crippen LogP contribution is -2.42. The first-order valence-corrected chi connectivity index (χ1v) is 29.0. The van der Waals surface area contributed by atoms with Gasteiger partial charge in [0, 0.05) is 71.8 Å². The summed E-state index contributed by atoms with van der Waals surface area (Å²) in [5.74, 6) is -1.13. The number of rotatable bonds is 17. The van der Waals surface area contributed by atoms with Gasteiger partial charge in [0.05, 0.1) is 24.6 Å². The smallest absolute Gasteiger partial charge is 0.478 e. The Hall–Kier alpha value is -5.96. The first kappa shape index (κ1) is 53.9. The molecular formula is C44H51N9O18P3S+. The fraction of sp³-hybridized carbons (Fsp3) is 0.386. The molecule has 27 nitrogen and oxygen atoms in total. The number of nitrogens with two attached hydrogens (primary N) is 1. The Morgan fingerprint density at radius 2 is 1.73 bits per heavy atom. The summed E-state index contributed by atoms with van der Waals surface area (Å²) in [6, 6.07) is 12.6. The van der Waals surface area contributed by atoms with Gasteiger partial charge < -0.3 is 65.3 Å². The van der Waals surface area contributed by atoms with Crippen molar-refractivity contribution >= 4 is 80.5 Å². The summed E-state index contributed by atoms with van der Waals surface area (Å²) in [5.41, 5.74) is 9.43. The molecule has 31 heteroatoms. The van der Waals surface area contributed by atoms with Gasteiger partial charge in [-0.2, -0.15) is 9.29 Å². The number of carboxylic acid groups (broad SMARTS) is 1. The molecule has 6 heterocycles. The Morgan fingerprint density at radius 1 is 0.973 bits per heavy atom. The molecular weight excluding hydrogens is 1070 g/mol. The maximum Gasteiger partial charge on any atom is 0.488 e. The van der Waals surface area contributed by atoms with Crippen LogP contribution in [-0.2, 0) is 56.4 Å². The minimum atomic E-state index is -5.73. The predicted molar refractivity (Wildman–Crippen MR) is 268 cm³/mol. The lowest BCUT2D eigenvalue weighted by molar-refractivity contribution is -0.0508. The van der Waals surface area contributed by atoms with Crippen LogP contribution in [0.1, 0.15) is 75.9 Å². The monoisotopic (exact) mass is 1120 g/mol. The number of aliphatic hydroxyl groups is 1. The molecule has 400 valence electrons. The number of anilines is 2. The van der Waals surface area contributed by atoms with Gasteiger partial charge in [-0.15, -0.1) is 0 Å². The number of aliphatic hydroxyl groups excluding tert-OH is 1. The van der Waals surface area contributed by atoms with E-state index in [1.54, 1.807) is 6.07 Å². The number of carboxylic acids is 1. The van der Waals surface area contributed by atoms with Crippen molar-refractivity contribution in [1.82, 2.24) is 34.7 Å². The van der Waals surface area contributed by atoms with Crippen molar-refractivity contribution in [2.45, 2.75) is 64.1 Å². The molecule has 0 radical (unpaired) electrons. The number of phosphoric acid groups is 2. The number of carbonyl (C=O) groups is 3. The third kappa shape index (κ3) is 11.4. The van der Waals surface area contributed by atoms with Crippen LogP contribution >= 0.6 is 22.4 Å². The molecule has 1 saturated heterocycles. The number of amides is 2. The van der Waals surface area contributed by atoms with E-state index in [9.17, 15) is 58.1 Å². The molecule has 3 aromatic carbocycles. The second-order valence-electron chi connectivity index (χ2n) is 17.6. The molecule has 0 aliphatic carbocycles. The third-order valence-corrected chi connectivity index (χ3v) is 17.3. The van der Waals surface area contributed by atoms with E-state index in [0.717, 1.165) is 95.7 Å². The molecule has 11 N–H and O–H groups in total. The van der Waals surface area contributed by atoms with Gasteiger partial charge in [-0.25, -0.2) is 32.6 Å². The molecule has 2 unspecified atom stereocenters. The standard InChI is InChI=1S/C44H50N9O18P3S/c1-3-51-13-5-7-22-15-27-31(18-29(22)51)67-32-19-30-23(8-6-14-52(30)4-2)16-28(32)34(27)25-10-9-24(17-26(25)42(57)58)39(55)46-11-12-47-44(59)69-37-33(20-66-72(60,61)70-73(62,63)71-74(64,65)75)68-41(36(37)54)53-21-48-35-38(53)49-43(45)50-40(35)56/h9-10,15-19,21,33,36-37,41,54H,3-8,11-14,20H2,1-2H3,(H9-,45,46,47,49,50,55,56,57,58,59,60,61,62,63,64,65,75)/p+1/t33-,36-,37-,41-/m1/s1. The van der Waals surface area contributed by atoms with E-state index in [0.29, 0.717) is 22.6 Å². The van der Waals surface area contributed by atoms with Crippen LogP contribution in [0.15, 0.2) is 53.6 Å². The number of aromatic nitrogens is 4. The van der Waals surface area contributed by atoms with Crippen molar-refractivity contribution in [1.29, 1.82) is 0 Å². The van der Waals surface area contributed by atoms with Crippen LogP contribution in [0.2, 0.25) is 0 Å². The second kappa shape index (κ2) is 21.2. The first-order valence-electron chi connectivity index (χ1n) is 23.4. The van der Waals surface area contributed by atoms with Gasteiger partial charge in [-0.1, -0.05) is 6.07 Å². The average Bonchev–Trinajstić information content (AvgIpc) is 3.90. The molecule has 4 aliphatic heterocycles. The molecule has 2 aromatic heterocycles. The SMILES string of the molecule is CCN1CCCc2cc3c(cc21)Oc1cc2c(cc1=C3c1ccc(C(=O)NCCNC(=O)O[C@H]3[C@@H](O)[C@H](n4cnc5c(=O)[nH]c(N)nc54)O[C@@H]3COP(=O)(O)OP(=O)(O)OP(O)(O)=S)cc1C(=O)O)CCC[N+]=2CC. The van der Waals surface area contributed by atoms with Crippen LogP contribution in [0.5, 0.6) is 11.5 Å². The quantitative estimate of drug-likeness (QED) is 0.0349. The van der Waals surface area contributed by atoms with Crippen molar-refractivity contribution in [3.63, 3.8) is 0 Å². The van der Waals surface area contributed by atoms with Crippen molar-refractivity contribution < 1.29 is 80.7 Å². The number of hydrogen-bond donors (Lipinski definition) is 10. The number of aromatic carboxylic acids is 1. The van der Waals surface area contributed by atoms with Crippen molar-refractivity contribution in [2.75, 3.05) is 56.5 Å². The van der Waals surface area contributed by atoms with Gasteiger partial charge in [0.2, 0.25) is 11.3 Å². The summed E-state index contributed by atoms with van der Waals surface area (Å²) in [4.78, 5) is 103. The molecule has 9 rings (SSSR count). The highest BCUT2D eigenvalue weighted by Gasteiger charge is 2.50. The van der Waals surface area contributed by atoms with Gasteiger partial charge in [0.15, 0.2) is 23.5 Å². The number of nitrogens with one attached hydrogen (secondary N) is 3. The number of carbonyl (C=O) groups excluding carboxylic acids is 2. The normalized spacial score (nSPS) is 20.7. The van der Waals surface area contributed by atoms with Crippen LogP contribution in [0.25, 0.3) is 16.7 Å². The van der Waals surface area contributed by atoms with E-state index in [2.05, 4.69) is 81.5 Å². The van der Waals surface area contributed by atoms with E-state index in [1.807, 2.05) is 12.1 Å². The zero-order chi connectivity index (χ0) is 53.7. The van der Waals surface area contributed by atoms with Crippen LogP contribution in [0.3, 0.4) is 0 Å². The summed E-state index contributed by atoms with van der Waals surface area (Å²) in [5, 5.41) is 29.0. The number of imidazole rings is 1. The number of nitrogen functional groups attached to an aromatic ring is 1. The van der Waals surface area contributed by atoms with Crippen LogP contribution < -0.4 is 46.7 Å². The van der Waals surface area contributed by atoms with E-state index >= 15 is 0 Å². The number of aromatic amines is 1. The first-order chi connectivity index (χ1) is 35.5. The van der Waals surface area contributed by atoms with Crippen LogP contribution in [0, 0.1) is 0 Å². The van der Waals surface area contributed by atoms with Crippen molar-refractivity contribution in [2.24, 2.45) is 0 Å². The van der Waals surface area contributed by atoms with E-state index in [-0.39, 0.29) is 41.3 Å². The highest BCUT2D eigenvalue weighted by atomic mass is 32.5. The number of H-pyrrole nitrogens is 1. The van der Waals surface area contributed by atoms with Crippen LogP contribution in [-0.4, -0.2) is 131 Å². The summed E-state index contributed by atoms with van der Waals surface area (Å²) in [6.07, 6.45) is -3.63. The molecule has 0 spiro atoms. The molecule has 5 aromatic rings. The molecule has 1 fully saturated rings. The van der Waals surface area contributed by atoms with Gasteiger partial charge in [-0.05, 0) is 80.3 Å². The number of phosphoric ester groups is 1. The molecule has 0 bridgehead atoms. The summed E-state index contributed by atoms with van der Waals surface area (Å²) < 4.78 is 58.7. The maximum atomic E-state index is 13.6. The highest BCUT2D eigenvalue weighted by molar-refractivity contribution is 8.08. The third-order valence-electron chi connectivity index (χ3n) is 12.9. The summed E-state index contributed by atoms with van der Waals surface area (Å²) in [7, 11) is -11.4. The Labute approximate surface area is 429 Å². The molecule has 75 heavy (non-hydrogen) atoms. The predicted octanol–water partition coefficient (Wildman–Crippen LogP) is 1.23. The minimum Gasteiger partial charge on any atom is -0.478 e. The molecule has 4 aliphatic rings. The lowest BCUT2D eigenvalue weighted by Gasteiger charge is -2.32. The number of hydrogen-bond acceptors (Lipinski definition) is 18. The Morgan fingerprint density at radius 3 is 2.47 bits per heavy atom. The Bertz CT molecular complexity index is 3500. The zero-order valence-corrected chi connectivity index (χ0v) is 43.4. The maximum absolute atomic E-state index is 13.6. The van der Waals surface area contributed by atoms with Gasteiger partial charge in [0.25, 0.3) is 11.5 Å². The number of nitrogens with zero attached hydrogens (tertiary/aromatic N) is 5. The largest absolute Gasteiger partial charge is 0.488 e. The van der Waals surface area contributed by atoms with E-state index < -0.39 is 77.0 Å². The van der Waals surface area contributed by atoms with Crippen molar-refractivity contribution in [3.8, 4) is 11.5 Å². The van der Waals surface area contributed by atoms with Crippen LogP contribution in [0.4, 0.5) is 16.4 Å². The fourth-order valence-electron chi connectivity index (χ4n) is 9.67. The fourth-order valence-corrected chi connectivity index (χ4v) is 13.5. The molecule has 2 amide bonds. The second-order valence-corrected chi connectivity index (χ2v) is 23.5. The summed E-state index contributed by atoms with van der Waals surface area (Å²) >= 11 is 4.10. The van der Waals surface area contributed by atoms with E-state index in [4.69, 9.17) is 24.5 Å². The highest BCUT2D eigenvalue weighted by Crippen LogP contribution is 2.66. The van der Waals surface area contributed by atoms with Gasteiger partial charge in [-0.3, -0.25) is 23.7 Å². The Kier molecular flexibility index (Phi) is 15.2. The number of aryl methyl sites for hydroxylation is 2. The number of benzene rings is 3. The number of alkyl carbamates (subject to hydrolysis) is 1. The lowest BCUT2D eigenvalue weighted by atomic mass is 9.86. The molecule has 6 atom stereocenters. The van der Waals surface area contributed by atoms with Gasteiger partial charge in [0.1, 0.15) is 36.8 Å². The number of ether oxygens (including phenoxy) is 3. The van der Waals surface area contributed by atoms with Gasteiger partial charge >= 0.3 is 34.4 Å². The zero-order valence-electron chi connectivity index (χ0n) is 39.9. The number of fused-ring (bicyclic) bond motifs is 5.